The van der Waals surface area contributed by atoms with Crippen molar-refractivity contribution in [3.63, 3.8) is 0 Å². The molecule has 1 atom stereocenters. The average Bonchev–Trinajstić information content (AvgIpc) is 2.85. The van der Waals surface area contributed by atoms with Crippen LogP contribution in [0.25, 0.3) is 0 Å². The highest BCUT2D eigenvalue weighted by atomic mass is 79.9. The van der Waals surface area contributed by atoms with Gasteiger partial charge in [0.2, 0.25) is 0 Å². The summed E-state index contributed by atoms with van der Waals surface area (Å²) >= 11 is 3.53. The lowest BCUT2D eigenvalue weighted by Crippen LogP contribution is -2.19. The summed E-state index contributed by atoms with van der Waals surface area (Å²) < 4.78 is 7.93. The number of rotatable bonds is 6. The number of halogens is 1. The van der Waals surface area contributed by atoms with E-state index in [9.17, 15) is 0 Å². The molecule has 1 heterocycles. The second-order valence-electron chi connectivity index (χ2n) is 4.67. The second kappa shape index (κ2) is 7.02. The molecule has 0 saturated carbocycles. The number of aromatic nitrogens is 2. The van der Waals surface area contributed by atoms with Gasteiger partial charge in [0.05, 0.1) is 35.6 Å². The maximum atomic E-state index is 6.39. The fraction of sp³-hybridized carbons (Fsp3) is 0.400. The molecule has 0 aliphatic rings. The highest BCUT2D eigenvalue weighted by molar-refractivity contribution is 9.10. The number of hydrogen-bond donors (Lipinski definition) is 1. The van der Waals surface area contributed by atoms with Gasteiger partial charge >= 0.3 is 0 Å². The van der Waals surface area contributed by atoms with Crippen molar-refractivity contribution in [2.75, 3.05) is 13.7 Å². The van der Waals surface area contributed by atoms with E-state index in [1.807, 2.05) is 4.68 Å². The van der Waals surface area contributed by atoms with Crippen LogP contribution in [0.15, 0.2) is 34.9 Å². The van der Waals surface area contributed by atoms with Gasteiger partial charge in [0.15, 0.2) is 0 Å². The number of benzene rings is 1. The van der Waals surface area contributed by atoms with Gasteiger partial charge in [-0.25, -0.2) is 0 Å². The number of hydrogen-bond acceptors (Lipinski definition) is 3. The maximum Gasteiger partial charge on any atom is 0.0739 e. The van der Waals surface area contributed by atoms with Crippen LogP contribution < -0.4 is 5.73 Å². The van der Waals surface area contributed by atoms with Crippen molar-refractivity contribution in [2.24, 2.45) is 5.73 Å². The molecule has 0 bridgehead atoms. The van der Waals surface area contributed by atoms with E-state index >= 15 is 0 Å². The van der Waals surface area contributed by atoms with Gasteiger partial charge in [-0.3, -0.25) is 4.68 Å². The van der Waals surface area contributed by atoms with Gasteiger partial charge in [0.25, 0.3) is 0 Å². The molecule has 0 fully saturated rings. The summed E-state index contributed by atoms with van der Waals surface area (Å²) in [6.07, 6.45) is 2.82. The molecule has 0 radical (unpaired) electrons. The van der Waals surface area contributed by atoms with Crippen LogP contribution in [0.4, 0.5) is 0 Å². The Bertz CT molecular complexity index is 551. The molecule has 2 aromatic rings. The Balaban J connectivity index is 2.26. The Morgan fingerprint density at radius 2 is 2.05 bits per heavy atom. The van der Waals surface area contributed by atoms with E-state index in [-0.39, 0.29) is 6.04 Å². The molecule has 4 nitrogen and oxygen atoms in total. The zero-order chi connectivity index (χ0) is 14.5. The van der Waals surface area contributed by atoms with Crippen LogP contribution in [0.1, 0.15) is 29.8 Å². The smallest absolute Gasteiger partial charge is 0.0739 e. The van der Waals surface area contributed by atoms with E-state index in [0.717, 1.165) is 22.2 Å². The highest BCUT2D eigenvalue weighted by Crippen LogP contribution is 2.27. The summed E-state index contributed by atoms with van der Waals surface area (Å²) in [5.74, 6) is 0. The van der Waals surface area contributed by atoms with Gasteiger partial charge in [-0.15, -0.1) is 0 Å². The van der Waals surface area contributed by atoms with E-state index in [0.29, 0.717) is 13.2 Å². The van der Waals surface area contributed by atoms with Crippen molar-refractivity contribution >= 4 is 15.9 Å². The summed E-state index contributed by atoms with van der Waals surface area (Å²) in [6.45, 7) is 3.45. The molecule has 108 valence electrons. The fourth-order valence-corrected chi connectivity index (χ4v) is 2.70. The molecular weight excluding hydrogens is 318 g/mol. The molecule has 5 heteroatoms. The third kappa shape index (κ3) is 3.29. The SMILES string of the molecule is CCc1ccc(C(N)c2c(Br)cnn2CCOC)cc1. The Morgan fingerprint density at radius 3 is 2.65 bits per heavy atom. The largest absolute Gasteiger partial charge is 0.383 e. The second-order valence-corrected chi connectivity index (χ2v) is 5.52. The van der Waals surface area contributed by atoms with Gasteiger partial charge in [0.1, 0.15) is 0 Å². The Labute approximate surface area is 128 Å². The molecule has 0 aliphatic heterocycles. The number of nitrogens with two attached hydrogens (primary N) is 1. The topological polar surface area (TPSA) is 53.1 Å². The van der Waals surface area contributed by atoms with Crippen LogP contribution in [0, 0.1) is 0 Å². The molecule has 2 rings (SSSR count). The maximum absolute atomic E-state index is 6.39. The molecular formula is C15H20BrN3O. The lowest BCUT2D eigenvalue weighted by molar-refractivity contribution is 0.182. The minimum atomic E-state index is -0.199. The predicted molar refractivity (Wildman–Crippen MR) is 83.7 cm³/mol. The van der Waals surface area contributed by atoms with Crippen molar-refractivity contribution < 1.29 is 4.74 Å². The highest BCUT2D eigenvalue weighted by Gasteiger charge is 2.18. The van der Waals surface area contributed by atoms with Crippen molar-refractivity contribution in [1.29, 1.82) is 0 Å². The zero-order valence-electron chi connectivity index (χ0n) is 11.8. The van der Waals surface area contributed by atoms with Crippen molar-refractivity contribution in [1.82, 2.24) is 9.78 Å². The van der Waals surface area contributed by atoms with E-state index in [1.165, 1.54) is 5.56 Å². The van der Waals surface area contributed by atoms with Gasteiger partial charge in [-0.05, 0) is 33.5 Å². The van der Waals surface area contributed by atoms with Crippen LogP contribution >= 0.6 is 15.9 Å². The quantitative estimate of drug-likeness (QED) is 0.881. The normalized spacial score (nSPS) is 12.6. The van der Waals surface area contributed by atoms with Crippen molar-refractivity contribution in [3.05, 3.63) is 51.8 Å². The first-order valence-corrected chi connectivity index (χ1v) is 7.51. The molecule has 0 saturated heterocycles. The number of aryl methyl sites for hydroxylation is 1. The molecule has 0 amide bonds. The van der Waals surface area contributed by atoms with E-state index in [4.69, 9.17) is 10.5 Å². The van der Waals surface area contributed by atoms with Gasteiger partial charge < -0.3 is 10.5 Å². The van der Waals surface area contributed by atoms with E-state index in [1.54, 1.807) is 13.3 Å². The first-order valence-electron chi connectivity index (χ1n) is 6.72. The van der Waals surface area contributed by atoms with Crippen molar-refractivity contribution in [3.8, 4) is 0 Å². The van der Waals surface area contributed by atoms with E-state index in [2.05, 4.69) is 52.2 Å². The molecule has 0 spiro atoms. The molecule has 1 unspecified atom stereocenters. The minimum Gasteiger partial charge on any atom is -0.383 e. The lowest BCUT2D eigenvalue weighted by atomic mass is 10.0. The van der Waals surface area contributed by atoms with Crippen LogP contribution in [0.2, 0.25) is 0 Å². The van der Waals surface area contributed by atoms with Gasteiger partial charge in [-0.2, -0.15) is 5.10 Å². The molecule has 2 N–H and O–H groups in total. The minimum absolute atomic E-state index is 0.199. The van der Waals surface area contributed by atoms with E-state index < -0.39 is 0 Å². The zero-order valence-corrected chi connectivity index (χ0v) is 13.4. The summed E-state index contributed by atoms with van der Waals surface area (Å²) in [5, 5.41) is 4.34. The van der Waals surface area contributed by atoms with Crippen LogP contribution in [0.5, 0.6) is 0 Å². The fourth-order valence-electron chi connectivity index (χ4n) is 2.16. The number of ether oxygens (including phenoxy) is 1. The molecule has 0 aliphatic carbocycles. The van der Waals surface area contributed by atoms with Crippen LogP contribution in [-0.4, -0.2) is 23.5 Å². The summed E-state index contributed by atoms with van der Waals surface area (Å²) in [6, 6.07) is 8.22. The Morgan fingerprint density at radius 1 is 1.35 bits per heavy atom. The molecule has 1 aromatic carbocycles. The lowest BCUT2D eigenvalue weighted by Gasteiger charge is -2.16. The van der Waals surface area contributed by atoms with Gasteiger partial charge in [0, 0.05) is 7.11 Å². The third-order valence-corrected chi connectivity index (χ3v) is 3.99. The third-order valence-electron chi connectivity index (χ3n) is 3.38. The molecule has 1 aromatic heterocycles. The first-order chi connectivity index (χ1) is 9.67. The summed E-state index contributed by atoms with van der Waals surface area (Å²) in [5.41, 5.74) is 9.77. The Kier molecular flexibility index (Phi) is 5.34. The van der Waals surface area contributed by atoms with Crippen LogP contribution in [-0.2, 0) is 17.7 Å². The number of nitrogens with zero attached hydrogens (tertiary/aromatic N) is 2. The predicted octanol–water partition coefficient (Wildman–Crippen LogP) is 2.90. The monoisotopic (exact) mass is 337 g/mol. The average molecular weight is 338 g/mol. The number of methoxy groups -OCH3 is 1. The molecule has 20 heavy (non-hydrogen) atoms. The van der Waals surface area contributed by atoms with Gasteiger partial charge in [-0.1, -0.05) is 31.2 Å². The standard InChI is InChI=1S/C15H20BrN3O/c1-3-11-4-6-12(7-5-11)14(17)15-13(16)10-18-19(15)8-9-20-2/h4-7,10,14H,3,8-9,17H2,1-2H3. The summed E-state index contributed by atoms with van der Waals surface area (Å²) in [4.78, 5) is 0. The summed E-state index contributed by atoms with van der Waals surface area (Å²) in [7, 11) is 1.68. The Hall–Kier alpha value is -1.17. The van der Waals surface area contributed by atoms with Crippen LogP contribution in [0.3, 0.4) is 0 Å². The van der Waals surface area contributed by atoms with Crippen molar-refractivity contribution in [2.45, 2.75) is 25.9 Å². The first kappa shape index (κ1) is 15.2.